The zero-order chi connectivity index (χ0) is 20.8. The number of aromatic nitrogens is 1. The predicted octanol–water partition coefficient (Wildman–Crippen LogP) is 4.21. The molecule has 1 aromatic rings. The van der Waals surface area contributed by atoms with Crippen molar-refractivity contribution in [2.24, 2.45) is 15.0 Å². The molecule has 0 saturated carbocycles. The first-order valence-corrected chi connectivity index (χ1v) is 9.74. The number of aliphatic hydroxyl groups is 2. The van der Waals surface area contributed by atoms with E-state index in [1.807, 2.05) is 60.7 Å². The number of hydrogen-bond acceptors (Lipinski definition) is 5. The van der Waals surface area contributed by atoms with Crippen molar-refractivity contribution in [1.29, 1.82) is 0 Å². The largest absolute Gasteiger partial charge is 0.512 e. The normalized spacial score (nSPS) is 22.0. The van der Waals surface area contributed by atoms with Gasteiger partial charge in [0.2, 0.25) is 0 Å². The number of hydrogen-bond donors (Lipinski definition) is 3. The lowest BCUT2D eigenvalue weighted by Crippen LogP contribution is -2.14. The zero-order valence-electron chi connectivity index (χ0n) is 16.6. The van der Waals surface area contributed by atoms with E-state index in [0.717, 1.165) is 22.8 Å². The minimum absolute atomic E-state index is 0.134. The number of rotatable bonds is 1. The maximum absolute atomic E-state index is 10.5. The maximum Gasteiger partial charge on any atom is 0.101 e. The molecule has 0 saturated heterocycles. The number of nitrogens with zero attached hydrogens (tertiary/aromatic N) is 3. The summed E-state index contributed by atoms with van der Waals surface area (Å²) in [5.41, 5.74) is 7.14. The minimum atomic E-state index is -0.757. The molecule has 0 aromatic carbocycles. The minimum Gasteiger partial charge on any atom is -0.512 e. The van der Waals surface area contributed by atoms with E-state index in [4.69, 9.17) is 4.99 Å². The summed E-state index contributed by atoms with van der Waals surface area (Å²) in [5, 5.41) is 20.8. The second kappa shape index (κ2) is 6.93. The Bertz CT molecular complexity index is 1260. The van der Waals surface area contributed by atoms with Crippen LogP contribution < -0.4 is 0 Å². The highest BCUT2D eigenvalue weighted by molar-refractivity contribution is 6.33. The number of aliphatic imine (C=N–C) groups is 3. The molecule has 5 rings (SSSR count). The van der Waals surface area contributed by atoms with E-state index >= 15 is 0 Å². The topological polar surface area (TPSA) is 93.3 Å². The molecular weight excluding hydrogens is 376 g/mol. The third kappa shape index (κ3) is 3.17. The smallest absolute Gasteiger partial charge is 0.101 e. The zero-order valence-corrected chi connectivity index (χ0v) is 16.6. The summed E-state index contributed by atoms with van der Waals surface area (Å²) in [6.07, 6.45) is 14.4. The molecule has 6 nitrogen and oxygen atoms in total. The Morgan fingerprint density at radius 3 is 2.03 bits per heavy atom. The maximum atomic E-state index is 10.5. The lowest BCUT2D eigenvalue weighted by Gasteiger charge is -2.11. The van der Waals surface area contributed by atoms with Crippen LogP contribution in [0.1, 0.15) is 25.2 Å². The van der Waals surface area contributed by atoms with Gasteiger partial charge >= 0.3 is 0 Å². The van der Waals surface area contributed by atoms with Crippen molar-refractivity contribution in [1.82, 2.24) is 4.98 Å². The van der Waals surface area contributed by atoms with Gasteiger partial charge in [-0.25, -0.2) is 15.0 Å². The third-order valence-corrected chi connectivity index (χ3v) is 5.14. The van der Waals surface area contributed by atoms with Crippen molar-refractivity contribution in [3.63, 3.8) is 0 Å². The van der Waals surface area contributed by atoms with E-state index in [1.165, 1.54) is 0 Å². The number of aliphatic hydroxyl groups excluding tert-OH is 2. The van der Waals surface area contributed by atoms with Gasteiger partial charge in [0.25, 0.3) is 0 Å². The summed E-state index contributed by atoms with van der Waals surface area (Å²) in [5.74, 6) is 0.134. The quantitative estimate of drug-likeness (QED) is 0.620. The Hall–Kier alpha value is -3.77. The van der Waals surface area contributed by atoms with Gasteiger partial charge in [-0.15, -0.1) is 0 Å². The van der Waals surface area contributed by atoms with Crippen LogP contribution in [-0.4, -0.2) is 38.4 Å². The second-order valence-corrected chi connectivity index (χ2v) is 7.43. The van der Waals surface area contributed by atoms with Crippen molar-refractivity contribution < 1.29 is 10.2 Å². The van der Waals surface area contributed by atoms with Crippen LogP contribution in [0.25, 0.3) is 12.2 Å². The second-order valence-electron chi connectivity index (χ2n) is 7.43. The Kier molecular flexibility index (Phi) is 4.22. The molecule has 6 heteroatoms. The molecule has 148 valence electrons. The van der Waals surface area contributed by atoms with E-state index < -0.39 is 6.10 Å². The number of H-pyrrole nitrogens is 1. The molecule has 0 aliphatic carbocycles. The number of allylic oxidation sites excluding steroid dienone is 8. The van der Waals surface area contributed by atoms with Gasteiger partial charge in [-0.05, 0) is 74.6 Å². The summed E-state index contributed by atoms with van der Waals surface area (Å²) < 4.78 is 0. The lowest BCUT2D eigenvalue weighted by molar-refractivity contribution is 0.237. The van der Waals surface area contributed by atoms with E-state index in [0.29, 0.717) is 34.0 Å². The van der Waals surface area contributed by atoms with Crippen molar-refractivity contribution >= 4 is 29.3 Å². The molecule has 1 aromatic heterocycles. The van der Waals surface area contributed by atoms with Gasteiger partial charge in [0.1, 0.15) is 5.76 Å². The van der Waals surface area contributed by atoms with Gasteiger partial charge < -0.3 is 15.2 Å². The van der Waals surface area contributed by atoms with Gasteiger partial charge in [0.15, 0.2) is 0 Å². The fourth-order valence-electron chi connectivity index (χ4n) is 3.84. The van der Waals surface area contributed by atoms with Gasteiger partial charge in [0, 0.05) is 17.0 Å². The van der Waals surface area contributed by atoms with Gasteiger partial charge in [-0.3, -0.25) is 0 Å². The summed E-state index contributed by atoms with van der Waals surface area (Å²) in [6.45, 7) is 3.32. The van der Waals surface area contributed by atoms with Gasteiger partial charge in [-0.1, -0.05) is 0 Å². The van der Waals surface area contributed by atoms with Crippen LogP contribution in [0, 0.1) is 0 Å². The molecule has 30 heavy (non-hydrogen) atoms. The van der Waals surface area contributed by atoms with Crippen LogP contribution in [0.4, 0.5) is 0 Å². The molecule has 0 spiro atoms. The van der Waals surface area contributed by atoms with Crippen molar-refractivity contribution in [2.75, 3.05) is 0 Å². The lowest BCUT2D eigenvalue weighted by atomic mass is 10.0. The Morgan fingerprint density at radius 2 is 1.40 bits per heavy atom. The number of nitrogens with one attached hydrogen (secondary N) is 1. The fourth-order valence-corrected chi connectivity index (χ4v) is 3.84. The molecule has 0 fully saturated rings. The van der Waals surface area contributed by atoms with Crippen LogP contribution in [0.15, 0.2) is 97.6 Å². The summed E-state index contributed by atoms with van der Waals surface area (Å²) >= 11 is 0. The van der Waals surface area contributed by atoms with Crippen molar-refractivity contribution in [2.45, 2.75) is 20.0 Å². The van der Waals surface area contributed by atoms with E-state index in [1.54, 1.807) is 13.8 Å². The van der Waals surface area contributed by atoms with Crippen LogP contribution in [0.5, 0.6) is 0 Å². The van der Waals surface area contributed by atoms with Crippen LogP contribution in [0.3, 0.4) is 0 Å². The number of aromatic amines is 1. The molecule has 4 aliphatic rings. The van der Waals surface area contributed by atoms with Crippen LogP contribution in [-0.2, 0) is 0 Å². The summed E-state index contributed by atoms with van der Waals surface area (Å²) in [4.78, 5) is 17.4. The summed E-state index contributed by atoms with van der Waals surface area (Å²) in [6, 6.07) is 3.96. The van der Waals surface area contributed by atoms with Gasteiger partial charge in [-0.2, -0.15) is 0 Å². The van der Waals surface area contributed by atoms with Gasteiger partial charge in [0.05, 0.1) is 45.9 Å². The number of fused-ring (bicyclic) bond motifs is 5. The highest BCUT2D eigenvalue weighted by Gasteiger charge is 2.24. The van der Waals surface area contributed by atoms with Crippen molar-refractivity contribution in [3.8, 4) is 0 Å². The molecule has 3 N–H and O–H groups in total. The monoisotopic (exact) mass is 396 g/mol. The highest BCUT2D eigenvalue weighted by Crippen LogP contribution is 2.28. The SMILES string of the molecule is CC(O)=C1C2=NC(=Cc3ccc([nH]3)C=C3C=CC(=N3)C(C(C)O)=C3C=CC1=N3)C=C2. The molecule has 4 aliphatic heterocycles. The first-order valence-electron chi connectivity index (χ1n) is 9.74. The molecule has 0 amide bonds. The highest BCUT2D eigenvalue weighted by atomic mass is 16.3. The van der Waals surface area contributed by atoms with Crippen LogP contribution in [0.2, 0.25) is 0 Å². The standard InChI is InChI=1S/C24H20N4O2/c1-13(29)23-19-7-5-17(26-19)11-15-3-4-16(25-15)12-18-6-8-20(27-18)24(14(2)30)22-10-9-21(23)28-22/h3-13,25,29-30H,1-2H3. The average Bonchev–Trinajstić information content (AvgIpc) is 3.46. The summed E-state index contributed by atoms with van der Waals surface area (Å²) in [7, 11) is 0. The van der Waals surface area contributed by atoms with E-state index in [-0.39, 0.29) is 5.76 Å². The molecule has 0 radical (unpaired) electrons. The molecule has 1 atom stereocenters. The average molecular weight is 396 g/mol. The van der Waals surface area contributed by atoms with Crippen molar-refractivity contribution in [3.05, 3.63) is 94.0 Å². The Morgan fingerprint density at radius 1 is 0.833 bits per heavy atom. The molecule has 1 unspecified atom stereocenters. The van der Waals surface area contributed by atoms with E-state index in [2.05, 4.69) is 15.0 Å². The Labute approximate surface area is 173 Å². The first kappa shape index (κ1) is 18.3. The van der Waals surface area contributed by atoms with E-state index in [9.17, 15) is 10.2 Å². The molecule has 8 bridgehead atoms. The first-order chi connectivity index (χ1) is 14.5. The fraction of sp³-hybridized carbons (Fsp3) is 0.125. The molecular formula is C24H20N4O2. The third-order valence-electron chi connectivity index (χ3n) is 5.14. The predicted molar refractivity (Wildman–Crippen MR) is 121 cm³/mol. The molecule has 5 heterocycles. The van der Waals surface area contributed by atoms with Crippen LogP contribution >= 0.6 is 0 Å². The Balaban J connectivity index is 1.76.